The number of anilines is 1. The minimum atomic E-state index is -0.723. The third-order valence-corrected chi connectivity index (χ3v) is 3.22. The predicted molar refractivity (Wildman–Crippen MR) is 74.0 cm³/mol. The molecule has 1 aliphatic rings. The zero-order chi connectivity index (χ0) is 15.2. The van der Waals surface area contributed by atoms with Crippen LogP contribution >= 0.6 is 0 Å². The van der Waals surface area contributed by atoms with Gasteiger partial charge >= 0.3 is 11.8 Å². The van der Waals surface area contributed by atoms with E-state index in [0.717, 1.165) is 6.41 Å². The van der Waals surface area contributed by atoms with Crippen LogP contribution in [0.25, 0.3) is 0 Å². The highest BCUT2D eigenvalue weighted by Crippen LogP contribution is 2.09. The van der Waals surface area contributed by atoms with Crippen LogP contribution in [-0.2, 0) is 14.4 Å². The molecule has 0 spiro atoms. The van der Waals surface area contributed by atoms with Gasteiger partial charge in [-0.15, -0.1) is 0 Å². The van der Waals surface area contributed by atoms with E-state index < -0.39 is 11.8 Å². The summed E-state index contributed by atoms with van der Waals surface area (Å²) in [6.45, 7) is 1.55. The lowest BCUT2D eigenvalue weighted by molar-refractivity contribution is -0.144. The molecule has 21 heavy (non-hydrogen) atoms. The summed E-state index contributed by atoms with van der Waals surface area (Å²) in [7, 11) is 0. The Kier molecular flexibility index (Phi) is 4.51. The standard InChI is InChI=1S/C14H14N4O3/c15-9-11-1-3-12(4-2-11)16-13(20)14(21)18-7-5-17(10-19)6-8-18/h1-4,10H,5-8H2,(H,16,20). The zero-order valence-electron chi connectivity index (χ0n) is 11.3. The molecule has 0 aromatic heterocycles. The molecule has 3 amide bonds. The van der Waals surface area contributed by atoms with Crippen LogP contribution in [0.1, 0.15) is 5.56 Å². The molecule has 0 saturated carbocycles. The summed E-state index contributed by atoms with van der Waals surface area (Å²) in [5, 5.41) is 11.2. The van der Waals surface area contributed by atoms with E-state index >= 15 is 0 Å². The fraction of sp³-hybridized carbons (Fsp3) is 0.286. The van der Waals surface area contributed by atoms with Crippen LogP contribution in [-0.4, -0.2) is 54.2 Å². The Hall–Kier alpha value is -2.88. The lowest BCUT2D eigenvalue weighted by Crippen LogP contribution is -2.51. The fourth-order valence-electron chi connectivity index (χ4n) is 1.99. The van der Waals surface area contributed by atoms with Crippen LogP contribution in [0.3, 0.4) is 0 Å². The van der Waals surface area contributed by atoms with Crippen LogP contribution in [0, 0.1) is 11.3 Å². The van der Waals surface area contributed by atoms with Crippen molar-refractivity contribution >= 4 is 23.9 Å². The van der Waals surface area contributed by atoms with Crippen molar-refractivity contribution in [2.45, 2.75) is 0 Å². The van der Waals surface area contributed by atoms with Crippen LogP contribution in [0.5, 0.6) is 0 Å². The van der Waals surface area contributed by atoms with E-state index in [1.54, 1.807) is 29.2 Å². The molecule has 7 nitrogen and oxygen atoms in total. The first-order chi connectivity index (χ1) is 10.1. The monoisotopic (exact) mass is 286 g/mol. The van der Waals surface area contributed by atoms with Crippen molar-refractivity contribution in [3.05, 3.63) is 29.8 Å². The molecule has 2 rings (SSSR count). The summed E-state index contributed by atoms with van der Waals surface area (Å²) in [4.78, 5) is 37.4. The molecule has 0 bridgehead atoms. The minimum absolute atomic E-state index is 0.346. The average molecular weight is 286 g/mol. The molecule has 0 aliphatic carbocycles. The number of carbonyl (C=O) groups excluding carboxylic acids is 3. The second-order valence-electron chi connectivity index (χ2n) is 4.58. The topological polar surface area (TPSA) is 93.5 Å². The molecule has 1 aromatic carbocycles. The smallest absolute Gasteiger partial charge is 0.313 e. The predicted octanol–water partition coefficient (Wildman–Crippen LogP) is -0.203. The maximum Gasteiger partial charge on any atom is 0.313 e. The number of hydrogen-bond acceptors (Lipinski definition) is 4. The van der Waals surface area contributed by atoms with Crippen molar-refractivity contribution in [3.8, 4) is 6.07 Å². The molecule has 0 radical (unpaired) electrons. The van der Waals surface area contributed by atoms with E-state index in [4.69, 9.17) is 5.26 Å². The largest absolute Gasteiger partial charge is 0.342 e. The third kappa shape index (κ3) is 3.57. The minimum Gasteiger partial charge on any atom is -0.342 e. The molecule has 1 N–H and O–H groups in total. The normalized spacial score (nSPS) is 14.2. The SMILES string of the molecule is N#Cc1ccc(NC(=O)C(=O)N2CCN(C=O)CC2)cc1. The van der Waals surface area contributed by atoms with Gasteiger partial charge in [0.05, 0.1) is 11.6 Å². The molecular weight excluding hydrogens is 272 g/mol. The van der Waals surface area contributed by atoms with Crippen molar-refractivity contribution in [3.63, 3.8) is 0 Å². The lowest BCUT2D eigenvalue weighted by atomic mass is 10.2. The van der Waals surface area contributed by atoms with Gasteiger partial charge in [0, 0.05) is 31.9 Å². The second kappa shape index (κ2) is 6.52. The molecule has 1 fully saturated rings. The summed E-state index contributed by atoms with van der Waals surface area (Å²) in [5.41, 5.74) is 0.934. The van der Waals surface area contributed by atoms with Crippen molar-refractivity contribution in [1.29, 1.82) is 5.26 Å². The van der Waals surface area contributed by atoms with E-state index in [0.29, 0.717) is 37.4 Å². The molecule has 0 unspecified atom stereocenters. The number of benzene rings is 1. The van der Waals surface area contributed by atoms with E-state index in [-0.39, 0.29) is 0 Å². The number of amides is 3. The number of carbonyl (C=O) groups is 3. The molecule has 7 heteroatoms. The number of nitriles is 1. The number of piperazine rings is 1. The van der Waals surface area contributed by atoms with E-state index in [9.17, 15) is 14.4 Å². The Labute approximate surface area is 121 Å². The number of nitrogens with zero attached hydrogens (tertiary/aromatic N) is 3. The van der Waals surface area contributed by atoms with Gasteiger partial charge in [0.1, 0.15) is 0 Å². The van der Waals surface area contributed by atoms with E-state index in [1.165, 1.54) is 4.90 Å². The Morgan fingerprint density at radius 3 is 2.29 bits per heavy atom. The first-order valence-electron chi connectivity index (χ1n) is 6.44. The van der Waals surface area contributed by atoms with E-state index in [1.807, 2.05) is 6.07 Å². The maximum atomic E-state index is 12.0. The number of nitrogens with one attached hydrogen (secondary N) is 1. The maximum absolute atomic E-state index is 12.0. The highest BCUT2D eigenvalue weighted by atomic mass is 16.2. The van der Waals surface area contributed by atoms with Gasteiger partial charge in [-0.05, 0) is 24.3 Å². The van der Waals surface area contributed by atoms with Crippen molar-refractivity contribution in [1.82, 2.24) is 9.80 Å². The average Bonchev–Trinajstić information content (AvgIpc) is 2.55. The highest BCUT2D eigenvalue weighted by molar-refractivity contribution is 6.39. The molecule has 0 atom stereocenters. The zero-order valence-corrected chi connectivity index (χ0v) is 11.3. The van der Waals surface area contributed by atoms with Crippen molar-refractivity contribution < 1.29 is 14.4 Å². The summed E-state index contributed by atoms with van der Waals surface area (Å²) in [5.74, 6) is -1.34. The Morgan fingerprint density at radius 1 is 1.14 bits per heavy atom. The van der Waals surface area contributed by atoms with Gasteiger partial charge in [0.2, 0.25) is 6.41 Å². The fourth-order valence-corrected chi connectivity index (χ4v) is 1.99. The van der Waals surface area contributed by atoms with Gasteiger partial charge in [-0.25, -0.2) is 0 Å². The van der Waals surface area contributed by atoms with Crippen LogP contribution in [0.4, 0.5) is 5.69 Å². The molecule has 1 saturated heterocycles. The van der Waals surface area contributed by atoms with Gasteiger partial charge in [0.15, 0.2) is 0 Å². The van der Waals surface area contributed by atoms with Gasteiger partial charge in [-0.2, -0.15) is 5.26 Å². The summed E-state index contributed by atoms with van der Waals surface area (Å²) < 4.78 is 0. The third-order valence-electron chi connectivity index (χ3n) is 3.22. The Bertz CT molecular complexity index is 583. The summed E-state index contributed by atoms with van der Waals surface area (Å²) in [6, 6.07) is 8.21. The highest BCUT2D eigenvalue weighted by Gasteiger charge is 2.25. The number of rotatable bonds is 2. The number of hydrogen-bond donors (Lipinski definition) is 1. The van der Waals surface area contributed by atoms with Gasteiger partial charge in [-0.3, -0.25) is 14.4 Å². The molecule has 1 aliphatic heterocycles. The molecule has 1 heterocycles. The first kappa shape index (κ1) is 14.5. The first-order valence-corrected chi connectivity index (χ1v) is 6.44. The molecular formula is C14H14N4O3. The summed E-state index contributed by atoms with van der Waals surface area (Å²) >= 11 is 0. The quantitative estimate of drug-likeness (QED) is 0.601. The molecule has 1 aromatic rings. The Balaban J connectivity index is 1.92. The Morgan fingerprint density at radius 2 is 1.76 bits per heavy atom. The molecule has 108 valence electrons. The second-order valence-corrected chi connectivity index (χ2v) is 4.58. The summed E-state index contributed by atoms with van der Waals surface area (Å²) in [6.07, 6.45) is 0.735. The van der Waals surface area contributed by atoms with Gasteiger partial charge < -0.3 is 15.1 Å². The van der Waals surface area contributed by atoms with Crippen LogP contribution in [0.15, 0.2) is 24.3 Å². The van der Waals surface area contributed by atoms with Crippen molar-refractivity contribution in [2.24, 2.45) is 0 Å². The van der Waals surface area contributed by atoms with Gasteiger partial charge in [-0.1, -0.05) is 0 Å². The van der Waals surface area contributed by atoms with Crippen LogP contribution in [0.2, 0.25) is 0 Å². The van der Waals surface area contributed by atoms with Crippen LogP contribution < -0.4 is 5.32 Å². The van der Waals surface area contributed by atoms with E-state index in [2.05, 4.69) is 5.32 Å². The lowest BCUT2D eigenvalue weighted by Gasteiger charge is -2.31. The van der Waals surface area contributed by atoms with Gasteiger partial charge in [0.25, 0.3) is 0 Å². The van der Waals surface area contributed by atoms with Crippen molar-refractivity contribution in [2.75, 3.05) is 31.5 Å².